The van der Waals surface area contributed by atoms with Gasteiger partial charge in [-0.05, 0) is 31.2 Å². The average molecular weight is 342 g/mol. The van der Waals surface area contributed by atoms with Crippen LogP contribution in [0.1, 0.15) is 11.6 Å². The van der Waals surface area contributed by atoms with Crippen molar-refractivity contribution in [3.63, 3.8) is 0 Å². The zero-order chi connectivity index (χ0) is 16.9. The van der Waals surface area contributed by atoms with E-state index in [0.29, 0.717) is 12.3 Å². The molecule has 1 aromatic carbocycles. The molecule has 0 saturated carbocycles. The fourth-order valence-electron chi connectivity index (χ4n) is 2.22. The SMILES string of the molecule is C=CCn1c(C)nnc1SCc1cc(-c2ccc(OC)cc2)no1. The van der Waals surface area contributed by atoms with Crippen LogP contribution >= 0.6 is 11.8 Å². The normalized spacial score (nSPS) is 10.8. The second-order valence-corrected chi connectivity index (χ2v) is 6.07. The Labute approximate surface area is 144 Å². The van der Waals surface area contributed by atoms with Gasteiger partial charge in [0.25, 0.3) is 0 Å². The van der Waals surface area contributed by atoms with Crippen molar-refractivity contribution in [2.45, 2.75) is 24.4 Å². The van der Waals surface area contributed by atoms with Gasteiger partial charge in [-0.15, -0.1) is 16.8 Å². The lowest BCUT2D eigenvalue weighted by Crippen LogP contribution is -1.99. The molecule has 124 valence electrons. The van der Waals surface area contributed by atoms with Crippen LogP contribution in [0, 0.1) is 6.92 Å². The first-order valence-corrected chi connectivity index (χ1v) is 8.43. The first kappa shape index (κ1) is 16.3. The Morgan fingerprint density at radius 1 is 1.29 bits per heavy atom. The van der Waals surface area contributed by atoms with Crippen molar-refractivity contribution < 1.29 is 9.26 Å². The molecule has 2 aromatic heterocycles. The van der Waals surface area contributed by atoms with Crippen LogP contribution in [0.3, 0.4) is 0 Å². The predicted molar refractivity (Wildman–Crippen MR) is 93.0 cm³/mol. The molecule has 0 radical (unpaired) electrons. The molecule has 3 aromatic rings. The topological polar surface area (TPSA) is 66.0 Å². The van der Waals surface area contributed by atoms with Crippen LogP contribution in [-0.4, -0.2) is 27.0 Å². The largest absolute Gasteiger partial charge is 0.497 e. The van der Waals surface area contributed by atoms with E-state index in [9.17, 15) is 0 Å². The zero-order valence-corrected chi connectivity index (χ0v) is 14.4. The molecule has 0 bridgehead atoms. The maximum atomic E-state index is 5.42. The standard InChI is InChI=1S/C17H18N4O2S/c1-4-9-21-12(2)18-19-17(21)24-11-15-10-16(20-23-15)13-5-7-14(22-3)8-6-13/h4-8,10H,1,9,11H2,2-3H3. The molecule has 0 N–H and O–H groups in total. The lowest BCUT2D eigenvalue weighted by molar-refractivity contribution is 0.397. The van der Waals surface area contributed by atoms with Crippen LogP contribution in [0.2, 0.25) is 0 Å². The van der Waals surface area contributed by atoms with Crippen molar-refractivity contribution >= 4 is 11.8 Å². The minimum Gasteiger partial charge on any atom is -0.497 e. The number of rotatable bonds is 7. The Balaban J connectivity index is 1.69. The third-order valence-corrected chi connectivity index (χ3v) is 4.49. The number of methoxy groups -OCH3 is 1. The zero-order valence-electron chi connectivity index (χ0n) is 13.6. The minimum atomic E-state index is 0.637. The van der Waals surface area contributed by atoms with Crippen LogP contribution in [0.4, 0.5) is 0 Å². The highest BCUT2D eigenvalue weighted by Crippen LogP contribution is 2.26. The van der Waals surface area contributed by atoms with Gasteiger partial charge in [-0.25, -0.2) is 0 Å². The predicted octanol–water partition coefficient (Wildman–Crippen LogP) is 3.73. The van der Waals surface area contributed by atoms with E-state index in [1.165, 1.54) is 0 Å². The van der Waals surface area contributed by atoms with Crippen LogP contribution in [-0.2, 0) is 12.3 Å². The number of thioether (sulfide) groups is 1. The molecule has 7 heteroatoms. The van der Waals surface area contributed by atoms with E-state index in [2.05, 4.69) is 21.9 Å². The summed E-state index contributed by atoms with van der Waals surface area (Å²) in [7, 11) is 1.65. The fraction of sp³-hybridized carbons (Fsp3) is 0.235. The molecule has 0 saturated heterocycles. The Hall–Kier alpha value is -2.54. The van der Waals surface area contributed by atoms with E-state index in [1.54, 1.807) is 18.9 Å². The number of hydrogen-bond acceptors (Lipinski definition) is 6. The first-order chi connectivity index (χ1) is 11.7. The molecule has 0 atom stereocenters. The summed E-state index contributed by atoms with van der Waals surface area (Å²) in [6.45, 7) is 6.38. The Morgan fingerprint density at radius 3 is 2.79 bits per heavy atom. The highest BCUT2D eigenvalue weighted by molar-refractivity contribution is 7.98. The number of hydrogen-bond donors (Lipinski definition) is 0. The summed E-state index contributed by atoms with van der Waals surface area (Å²) < 4.78 is 12.6. The molecule has 24 heavy (non-hydrogen) atoms. The van der Waals surface area contributed by atoms with Gasteiger partial charge in [0.2, 0.25) is 0 Å². The summed E-state index contributed by atoms with van der Waals surface area (Å²) >= 11 is 1.56. The molecule has 0 amide bonds. The maximum absolute atomic E-state index is 5.42. The van der Waals surface area contributed by atoms with Crippen molar-refractivity contribution in [3.05, 3.63) is 54.6 Å². The van der Waals surface area contributed by atoms with Crippen LogP contribution in [0.5, 0.6) is 5.75 Å². The van der Waals surface area contributed by atoms with E-state index in [1.807, 2.05) is 47.9 Å². The third-order valence-electron chi connectivity index (χ3n) is 3.50. The molecule has 0 unspecified atom stereocenters. The maximum Gasteiger partial charge on any atom is 0.191 e. The Kier molecular flexibility index (Phi) is 5.00. The van der Waals surface area contributed by atoms with E-state index >= 15 is 0 Å². The molecule has 2 heterocycles. The van der Waals surface area contributed by atoms with Crippen molar-refractivity contribution in [1.82, 2.24) is 19.9 Å². The minimum absolute atomic E-state index is 0.637. The second-order valence-electron chi connectivity index (χ2n) is 5.12. The number of ether oxygens (including phenoxy) is 1. The van der Waals surface area contributed by atoms with Crippen LogP contribution < -0.4 is 4.74 Å². The van der Waals surface area contributed by atoms with Gasteiger partial charge in [0.1, 0.15) is 23.0 Å². The summed E-state index contributed by atoms with van der Waals surface area (Å²) in [5, 5.41) is 13.3. The fourth-order valence-corrected chi connectivity index (χ4v) is 3.09. The van der Waals surface area contributed by atoms with Gasteiger partial charge < -0.3 is 13.8 Å². The lowest BCUT2D eigenvalue weighted by atomic mass is 10.1. The Morgan fingerprint density at radius 2 is 2.08 bits per heavy atom. The summed E-state index contributed by atoms with van der Waals surface area (Å²) in [6, 6.07) is 9.66. The molecule has 6 nitrogen and oxygen atoms in total. The molecule has 0 aliphatic heterocycles. The molecule has 0 spiro atoms. The summed E-state index contributed by atoms with van der Waals surface area (Å²) in [4.78, 5) is 0. The van der Waals surface area contributed by atoms with E-state index in [4.69, 9.17) is 9.26 Å². The highest BCUT2D eigenvalue weighted by Gasteiger charge is 2.11. The van der Waals surface area contributed by atoms with Crippen LogP contribution in [0.15, 0.2) is 52.7 Å². The molecular weight excluding hydrogens is 324 g/mol. The smallest absolute Gasteiger partial charge is 0.191 e. The summed E-state index contributed by atoms with van der Waals surface area (Å²) in [5.74, 6) is 3.11. The van der Waals surface area contributed by atoms with Gasteiger partial charge in [-0.2, -0.15) is 0 Å². The third kappa shape index (κ3) is 3.51. The monoisotopic (exact) mass is 342 g/mol. The van der Waals surface area contributed by atoms with E-state index in [-0.39, 0.29) is 0 Å². The molecule has 0 aliphatic rings. The lowest BCUT2D eigenvalue weighted by Gasteiger charge is -2.03. The number of aromatic nitrogens is 4. The van der Waals surface area contributed by atoms with E-state index < -0.39 is 0 Å². The number of nitrogens with zero attached hydrogens (tertiary/aromatic N) is 4. The Bertz CT molecular complexity index is 823. The van der Waals surface area contributed by atoms with Gasteiger partial charge in [-0.3, -0.25) is 0 Å². The number of allylic oxidation sites excluding steroid dienone is 1. The average Bonchev–Trinajstić information content (AvgIpc) is 3.21. The van der Waals surface area contributed by atoms with Gasteiger partial charge in [0, 0.05) is 18.2 Å². The summed E-state index contributed by atoms with van der Waals surface area (Å²) in [5.41, 5.74) is 1.79. The quantitative estimate of drug-likeness (QED) is 0.481. The van der Waals surface area contributed by atoms with Gasteiger partial charge in [0.05, 0.1) is 12.9 Å². The molecule has 0 aliphatic carbocycles. The van der Waals surface area contributed by atoms with Crippen molar-refractivity contribution in [1.29, 1.82) is 0 Å². The summed E-state index contributed by atoms with van der Waals surface area (Å²) in [6.07, 6.45) is 1.83. The first-order valence-electron chi connectivity index (χ1n) is 7.44. The number of benzene rings is 1. The molecule has 0 fully saturated rings. The number of aryl methyl sites for hydroxylation is 1. The van der Waals surface area contributed by atoms with Gasteiger partial charge >= 0.3 is 0 Å². The highest BCUT2D eigenvalue weighted by atomic mass is 32.2. The van der Waals surface area contributed by atoms with Gasteiger partial charge in [-0.1, -0.05) is 23.0 Å². The van der Waals surface area contributed by atoms with E-state index in [0.717, 1.165) is 33.7 Å². The molecular formula is C17H18N4O2S. The molecule has 3 rings (SSSR count). The van der Waals surface area contributed by atoms with Crippen molar-refractivity contribution in [2.75, 3.05) is 7.11 Å². The second kappa shape index (κ2) is 7.35. The van der Waals surface area contributed by atoms with Crippen molar-refractivity contribution in [2.24, 2.45) is 0 Å². The van der Waals surface area contributed by atoms with Crippen molar-refractivity contribution in [3.8, 4) is 17.0 Å². The van der Waals surface area contributed by atoms with Gasteiger partial charge in [0.15, 0.2) is 5.16 Å². The van der Waals surface area contributed by atoms with Crippen LogP contribution in [0.25, 0.3) is 11.3 Å².